The topological polar surface area (TPSA) is 154 Å². The van der Waals surface area contributed by atoms with Crippen molar-refractivity contribution in [1.82, 2.24) is 39.9 Å². The predicted molar refractivity (Wildman–Crippen MR) is 113 cm³/mol. The van der Waals surface area contributed by atoms with Crippen LogP contribution in [0, 0.1) is 0 Å². The summed E-state index contributed by atoms with van der Waals surface area (Å²) in [6.45, 7) is 0. The number of hydrogen-bond acceptors (Lipinski definition) is 9. The molecule has 0 aromatic carbocycles. The van der Waals surface area contributed by atoms with Crippen molar-refractivity contribution in [3.8, 4) is 23.0 Å². The van der Waals surface area contributed by atoms with Crippen molar-refractivity contribution >= 4 is 11.0 Å². The molecular weight excluding hydrogens is 492 g/mol. The number of rotatable bonds is 7. The van der Waals surface area contributed by atoms with Crippen molar-refractivity contribution in [2.45, 2.75) is 37.4 Å². The van der Waals surface area contributed by atoms with E-state index < -0.39 is 48.6 Å². The maximum atomic E-state index is 14.0. The Morgan fingerprint density at radius 3 is 2.64 bits per heavy atom. The fourth-order valence-electron chi connectivity index (χ4n) is 3.63. The second-order valence-corrected chi connectivity index (χ2v) is 8.04. The lowest BCUT2D eigenvalue weighted by Gasteiger charge is -2.34. The summed E-state index contributed by atoms with van der Waals surface area (Å²) in [5, 5.41) is 12.1. The molecule has 0 radical (unpaired) electrons. The van der Waals surface area contributed by atoms with Crippen LogP contribution in [0.4, 0.5) is 17.6 Å². The number of H-pyrrole nitrogens is 2. The van der Waals surface area contributed by atoms with Gasteiger partial charge in [0.25, 0.3) is 17.9 Å². The Kier molecular flexibility index (Phi) is 5.64. The molecule has 12 nitrogen and oxygen atoms in total. The lowest BCUT2D eigenvalue weighted by Crippen LogP contribution is -2.43. The van der Waals surface area contributed by atoms with E-state index in [9.17, 15) is 27.2 Å². The number of aromatic amines is 2. The van der Waals surface area contributed by atoms with Crippen molar-refractivity contribution in [1.29, 1.82) is 0 Å². The summed E-state index contributed by atoms with van der Waals surface area (Å²) in [5.41, 5.74) is -1.55. The van der Waals surface area contributed by atoms with Gasteiger partial charge >= 0.3 is 5.69 Å². The van der Waals surface area contributed by atoms with Gasteiger partial charge < -0.3 is 14.5 Å². The molecular formula is C20H16F4N8O4. The number of fused-ring (bicyclic) bond motifs is 1. The number of nitrogens with zero attached hydrogens (tertiary/aromatic N) is 6. The van der Waals surface area contributed by atoms with Crippen LogP contribution in [0.2, 0.25) is 0 Å². The number of ether oxygens (including phenoxy) is 2. The van der Waals surface area contributed by atoms with E-state index in [1.807, 2.05) is 0 Å². The molecule has 0 saturated heterocycles. The first kappa shape index (κ1) is 23.4. The van der Waals surface area contributed by atoms with Gasteiger partial charge in [0.1, 0.15) is 18.1 Å². The molecule has 4 heterocycles. The Bertz CT molecular complexity index is 1540. The summed E-state index contributed by atoms with van der Waals surface area (Å²) in [4.78, 5) is 35.4. The third-order valence-corrected chi connectivity index (χ3v) is 5.41. The zero-order valence-electron chi connectivity index (χ0n) is 18.3. The van der Waals surface area contributed by atoms with Crippen molar-refractivity contribution in [2.75, 3.05) is 0 Å². The fraction of sp³-hybridized carbons (Fsp3) is 0.350. The Balaban J connectivity index is 1.46. The van der Waals surface area contributed by atoms with Crippen LogP contribution in [-0.4, -0.2) is 58.4 Å². The standard InChI is InChI=1S/C20H16F4N8O4/c1-32-16-9(2-11(29-30-16)10-6-25-19(34)28-17(10)33)18(31-32)36-14(15(21)22)12-3-13(27-7-26-12)35-8-4-20(23,24)5-8/h2-3,6-8,14-15H,4-5H2,1H3,(H2,25,28,33,34)/t14-/m0/s1. The second-order valence-electron chi connectivity index (χ2n) is 8.04. The highest BCUT2D eigenvalue weighted by molar-refractivity contribution is 5.84. The molecule has 5 rings (SSSR count). The van der Waals surface area contributed by atoms with Gasteiger partial charge in [-0.05, 0) is 6.07 Å². The Hall–Kier alpha value is -4.37. The van der Waals surface area contributed by atoms with E-state index in [1.165, 1.54) is 17.8 Å². The largest absolute Gasteiger partial charge is 0.474 e. The SMILES string of the molecule is Cn1nc(O[C@@H](c2cc(OC3CC(F)(F)C3)ncn2)C(F)F)c2cc(-c3c[nH]c(=O)[nH]c3=O)nnc21. The van der Waals surface area contributed by atoms with Crippen LogP contribution in [0.5, 0.6) is 11.8 Å². The molecule has 0 bridgehead atoms. The first-order valence-corrected chi connectivity index (χ1v) is 10.4. The summed E-state index contributed by atoms with van der Waals surface area (Å²) in [7, 11) is 1.48. The molecule has 4 aromatic rings. The maximum Gasteiger partial charge on any atom is 0.325 e. The molecule has 0 unspecified atom stereocenters. The van der Waals surface area contributed by atoms with Crippen LogP contribution in [0.25, 0.3) is 22.3 Å². The van der Waals surface area contributed by atoms with Gasteiger partial charge in [-0.3, -0.25) is 9.78 Å². The first-order valence-electron chi connectivity index (χ1n) is 10.4. The van der Waals surface area contributed by atoms with Crippen molar-refractivity contribution in [3.05, 3.63) is 51.2 Å². The van der Waals surface area contributed by atoms with E-state index in [4.69, 9.17) is 9.47 Å². The van der Waals surface area contributed by atoms with Crippen molar-refractivity contribution in [2.24, 2.45) is 7.05 Å². The highest BCUT2D eigenvalue weighted by atomic mass is 19.3. The average molecular weight is 508 g/mol. The third kappa shape index (κ3) is 4.48. The van der Waals surface area contributed by atoms with Gasteiger partial charge in [-0.15, -0.1) is 15.3 Å². The highest BCUT2D eigenvalue weighted by Crippen LogP contribution is 2.40. The van der Waals surface area contributed by atoms with Crippen LogP contribution < -0.4 is 20.7 Å². The quantitative estimate of drug-likeness (QED) is 0.356. The van der Waals surface area contributed by atoms with E-state index in [1.54, 1.807) is 0 Å². The molecule has 2 N–H and O–H groups in total. The third-order valence-electron chi connectivity index (χ3n) is 5.41. The van der Waals surface area contributed by atoms with Crippen LogP contribution in [-0.2, 0) is 7.05 Å². The zero-order chi connectivity index (χ0) is 25.6. The van der Waals surface area contributed by atoms with Gasteiger partial charge in [0, 0.05) is 32.2 Å². The molecule has 188 valence electrons. The molecule has 1 aliphatic carbocycles. The minimum atomic E-state index is -3.07. The Labute approximate surface area is 197 Å². The van der Waals surface area contributed by atoms with E-state index in [-0.39, 0.29) is 39.7 Å². The molecule has 0 aliphatic heterocycles. The minimum absolute atomic E-state index is 0.0247. The Morgan fingerprint density at radius 1 is 1.17 bits per heavy atom. The lowest BCUT2D eigenvalue weighted by molar-refractivity contribution is -0.135. The van der Waals surface area contributed by atoms with E-state index in [0.29, 0.717) is 0 Å². The molecule has 0 amide bonds. The smallest absolute Gasteiger partial charge is 0.325 e. The van der Waals surface area contributed by atoms with Crippen molar-refractivity contribution in [3.63, 3.8) is 0 Å². The number of aromatic nitrogens is 8. The van der Waals surface area contributed by atoms with Crippen LogP contribution in [0.15, 0.2) is 34.2 Å². The van der Waals surface area contributed by atoms with Gasteiger partial charge in [0.2, 0.25) is 17.9 Å². The van der Waals surface area contributed by atoms with Gasteiger partial charge in [-0.25, -0.2) is 37.0 Å². The molecule has 1 atom stereocenters. The summed E-state index contributed by atoms with van der Waals surface area (Å²) >= 11 is 0. The Morgan fingerprint density at radius 2 is 1.94 bits per heavy atom. The highest BCUT2D eigenvalue weighted by Gasteiger charge is 2.47. The molecule has 1 fully saturated rings. The summed E-state index contributed by atoms with van der Waals surface area (Å²) in [6, 6.07) is 2.44. The number of halogens is 4. The fourth-order valence-corrected chi connectivity index (χ4v) is 3.63. The summed E-state index contributed by atoms with van der Waals surface area (Å²) in [5.74, 6) is -3.22. The predicted octanol–water partition coefficient (Wildman–Crippen LogP) is 1.76. The normalized spacial score (nSPS) is 16.2. The van der Waals surface area contributed by atoms with Gasteiger partial charge in [-0.1, -0.05) is 0 Å². The second kappa shape index (κ2) is 8.69. The number of alkyl halides is 4. The minimum Gasteiger partial charge on any atom is -0.474 e. The van der Waals surface area contributed by atoms with Gasteiger partial charge in [0.05, 0.1) is 16.6 Å². The monoisotopic (exact) mass is 508 g/mol. The van der Waals surface area contributed by atoms with E-state index >= 15 is 0 Å². The number of hydrogen-bond donors (Lipinski definition) is 2. The van der Waals surface area contributed by atoms with E-state index in [2.05, 4.69) is 35.2 Å². The van der Waals surface area contributed by atoms with Gasteiger partial charge in [-0.2, -0.15) is 0 Å². The summed E-state index contributed by atoms with van der Waals surface area (Å²) < 4.78 is 66.3. The average Bonchev–Trinajstić information content (AvgIpc) is 3.11. The van der Waals surface area contributed by atoms with Crippen molar-refractivity contribution < 1.29 is 27.0 Å². The van der Waals surface area contributed by atoms with Crippen LogP contribution >= 0.6 is 0 Å². The number of aryl methyl sites for hydroxylation is 1. The summed E-state index contributed by atoms with van der Waals surface area (Å²) in [6.07, 6.45) is -4.69. The van der Waals surface area contributed by atoms with Crippen LogP contribution in [0.3, 0.4) is 0 Å². The molecule has 36 heavy (non-hydrogen) atoms. The molecule has 4 aromatic heterocycles. The molecule has 1 saturated carbocycles. The van der Waals surface area contributed by atoms with Crippen LogP contribution in [0.1, 0.15) is 24.6 Å². The maximum absolute atomic E-state index is 14.0. The van der Waals surface area contributed by atoms with E-state index in [0.717, 1.165) is 18.6 Å². The molecule has 16 heteroatoms. The zero-order valence-corrected chi connectivity index (χ0v) is 18.3. The van der Waals surface area contributed by atoms with Gasteiger partial charge in [0.15, 0.2) is 5.65 Å². The number of nitrogens with one attached hydrogen (secondary N) is 2. The first-order chi connectivity index (χ1) is 17.1. The lowest BCUT2D eigenvalue weighted by atomic mass is 9.91. The molecule has 0 spiro atoms. The molecule has 1 aliphatic rings.